The molecule has 0 amide bonds. The maximum absolute atomic E-state index is 5.85. The van der Waals surface area contributed by atoms with E-state index in [0.29, 0.717) is 17.7 Å². The Morgan fingerprint density at radius 2 is 2.18 bits per heavy atom. The first-order valence-corrected chi connectivity index (χ1v) is 6.26. The van der Waals surface area contributed by atoms with E-state index in [1.54, 1.807) is 12.3 Å². The average molecular weight is 258 g/mol. The van der Waals surface area contributed by atoms with Crippen LogP contribution in [0.1, 0.15) is 27.7 Å². The third-order valence-electron chi connectivity index (χ3n) is 2.07. The molecule has 96 valence electrons. The average Bonchev–Trinajstić information content (AvgIpc) is 2.26. The Labute approximate surface area is 108 Å². The van der Waals surface area contributed by atoms with E-state index in [4.69, 9.17) is 16.3 Å². The topological polar surface area (TPSA) is 47.0 Å². The summed E-state index contributed by atoms with van der Waals surface area (Å²) in [5, 5.41) is 3.16. The summed E-state index contributed by atoms with van der Waals surface area (Å²) in [6, 6.07) is 1.75. The summed E-state index contributed by atoms with van der Waals surface area (Å²) in [6.07, 6.45) is 1.79. The van der Waals surface area contributed by atoms with Crippen LogP contribution >= 0.6 is 11.6 Å². The van der Waals surface area contributed by atoms with Crippen LogP contribution in [0.4, 0.5) is 5.95 Å². The number of rotatable bonds is 6. The molecule has 0 fully saturated rings. The SMILES string of the molecule is CC(C)Oc1ccnc(NCC(C)(C)CCl)n1. The van der Waals surface area contributed by atoms with Crippen molar-refractivity contribution in [2.24, 2.45) is 5.41 Å². The summed E-state index contributed by atoms with van der Waals surface area (Å²) < 4.78 is 5.50. The van der Waals surface area contributed by atoms with E-state index in [-0.39, 0.29) is 11.5 Å². The van der Waals surface area contributed by atoms with Crippen molar-refractivity contribution in [3.63, 3.8) is 0 Å². The molecule has 0 aromatic carbocycles. The van der Waals surface area contributed by atoms with E-state index in [9.17, 15) is 0 Å². The highest BCUT2D eigenvalue weighted by Gasteiger charge is 2.16. The highest BCUT2D eigenvalue weighted by atomic mass is 35.5. The number of aromatic nitrogens is 2. The van der Waals surface area contributed by atoms with Crippen LogP contribution in [-0.2, 0) is 0 Å². The van der Waals surface area contributed by atoms with Gasteiger partial charge in [-0.1, -0.05) is 13.8 Å². The first kappa shape index (κ1) is 14.0. The number of nitrogens with one attached hydrogen (secondary N) is 1. The van der Waals surface area contributed by atoms with Gasteiger partial charge in [-0.2, -0.15) is 4.98 Å². The molecule has 1 heterocycles. The van der Waals surface area contributed by atoms with E-state index >= 15 is 0 Å². The fraction of sp³-hybridized carbons (Fsp3) is 0.667. The lowest BCUT2D eigenvalue weighted by atomic mass is 9.97. The van der Waals surface area contributed by atoms with Gasteiger partial charge in [0.25, 0.3) is 0 Å². The number of alkyl halides is 1. The number of anilines is 1. The first-order valence-electron chi connectivity index (χ1n) is 5.72. The standard InChI is InChI=1S/C12H20ClN3O/c1-9(2)17-10-5-6-14-11(16-10)15-8-12(3,4)7-13/h5-6,9H,7-8H2,1-4H3,(H,14,15,16). The largest absolute Gasteiger partial charge is 0.475 e. The van der Waals surface area contributed by atoms with Gasteiger partial charge in [-0.3, -0.25) is 0 Å². The van der Waals surface area contributed by atoms with Crippen molar-refractivity contribution < 1.29 is 4.74 Å². The smallest absolute Gasteiger partial charge is 0.225 e. The van der Waals surface area contributed by atoms with Crippen LogP contribution in [0.5, 0.6) is 5.88 Å². The van der Waals surface area contributed by atoms with Crippen LogP contribution in [0.3, 0.4) is 0 Å². The molecule has 1 aromatic rings. The molecule has 0 saturated heterocycles. The molecule has 17 heavy (non-hydrogen) atoms. The summed E-state index contributed by atoms with van der Waals surface area (Å²) in [6.45, 7) is 8.82. The van der Waals surface area contributed by atoms with Crippen molar-refractivity contribution in [2.75, 3.05) is 17.7 Å². The summed E-state index contributed by atoms with van der Waals surface area (Å²) >= 11 is 5.85. The Hall–Kier alpha value is -1.03. The monoisotopic (exact) mass is 257 g/mol. The van der Waals surface area contributed by atoms with Crippen LogP contribution in [-0.4, -0.2) is 28.5 Å². The van der Waals surface area contributed by atoms with E-state index in [1.807, 2.05) is 13.8 Å². The lowest BCUT2D eigenvalue weighted by Crippen LogP contribution is -2.25. The lowest BCUT2D eigenvalue weighted by molar-refractivity contribution is 0.232. The van der Waals surface area contributed by atoms with Gasteiger partial charge in [-0.25, -0.2) is 4.98 Å². The molecule has 4 nitrogen and oxygen atoms in total. The summed E-state index contributed by atoms with van der Waals surface area (Å²) in [5.41, 5.74) is 0.0137. The number of halogens is 1. The number of nitrogens with zero attached hydrogens (tertiary/aromatic N) is 2. The third-order valence-corrected chi connectivity index (χ3v) is 2.80. The molecule has 0 spiro atoms. The van der Waals surface area contributed by atoms with Gasteiger partial charge in [0, 0.05) is 24.7 Å². The second-order valence-corrected chi connectivity index (χ2v) is 5.30. The molecule has 0 bridgehead atoms. The minimum absolute atomic E-state index is 0.0137. The Morgan fingerprint density at radius 3 is 2.76 bits per heavy atom. The van der Waals surface area contributed by atoms with Crippen molar-refractivity contribution in [3.8, 4) is 5.88 Å². The maximum atomic E-state index is 5.85. The van der Waals surface area contributed by atoms with Crippen LogP contribution in [0, 0.1) is 5.41 Å². The molecule has 0 atom stereocenters. The molecule has 0 unspecified atom stereocenters. The Morgan fingerprint density at radius 1 is 1.47 bits per heavy atom. The molecular weight excluding hydrogens is 238 g/mol. The van der Waals surface area contributed by atoms with E-state index in [0.717, 1.165) is 6.54 Å². The Balaban J connectivity index is 2.60. The van der Waals surface area contributed by atoms with Crippen molar-refractivity contribution in [1.82, 2.24) is 9.97 Å². The molecule has 0 saturated carbocycles. The maximum Gasteiger partial charge on any atom is 0.225 e. The molecule has 1 aromatic heterocycles. The molecular formula is C12H20ClN3O. The van der Waals surface area contributed by atoms with Crippen LogP contribution in [0.15, 0.2) is 12.3 Å². The first-order chi connectivity index (χ1) is 7.93. The highest BCUT2D eigenvalue weighted by molar-refractivity contribution is 6.18. The fourth-order valence-corrected chi connectivity index (χ4v) is 1.19. The van der Waals surface area contributed by atoms with Crippen molar-refractivity contribution >= 4 is 17.5 Å². The third kappa shape index (κ3) is 5.22. The predicted molar refractivity (Wildman–Crippen MR) is 70.8 cm³/mol. The van der Waals surface area contributed by atoms with Crippen LogP contribution in [0.2, 0.25) is 0 Å². The summed E-state index contributed by atoms with van der Waals surface area (Å²) in [7, 11) is 0. The summed E-state index contributed by atoms with van der Waals surface area (Å²) in [4.78, 5) is 8.40. The molecule has 1 N–H and O–H groups in total. The van der Waals surface area contributed by atoms with Crippen molar-refractivity contribution in [2.45, 2.75) is 33.8 Å². The Kier molecular flexibility index (Phi) is 5.00. The molecule has 0 aliphatic heterocycles. The minimum atomic E-state index is 0.0137. The summed E-state index contributed by atoms with van der Waals surface area (Å²) in [5.74, 6) is 1.74. The van der Waals surface area contributed by atoms with Gasteiger partial charge < -0.3 is 10.1 Å². The molecule has 5 heteroatoms. The van der Waals surface area contributed by atoms with E-state index in [1.165, 1.54) is 0 Å². The highest BCUT2D eigenvalue weighted by Crippen LogP contribution is 2.18. The Bertz CT molecular complexity index is 355. The zero-order valence-electron chi connectivity index (χ0n) is 10.8. The van der Waals surface area contributed by atoms with Gasteiger partial charge in [0.2, 0.25) is 11.8 Å². The van der Waals surface area contributed by atoms with Gasteiger partial charge in [0.1, 0.15) is 0 Å². The lowest BCUT2D eigenvalue weighted by Gasteiger charge is -2.21. The second kappa shape index (κ2) is 6.05. The van der Waals surface area contributed by atoms with Gasteiger partial charge in [0.15, 0.2) is 0 Å². The molecule has 1 rings (SSSR count). The van der Waals surface area contributed by atoms with Crippen LogP contribution in [0.25, 0.3) is 0 Å². The van der Waals surface area contributed by atoms with E-state index in [2.05, 4.69) is 29.1 Å². The van der Waals surface area contributed by atoms with Crippen molar-refractivity contribution in [1.29, 1.82) is 0 Å². The number of hydrogen-bond acceptors (Lipinski definition) is 4. The molecule has 0 radical (unpaired) electrons. The number of ether oxygens (including phenoxy) is 1. The fourth-order valence-electron chi connectivity index (χ4n) is 1.10. The van der Waals surface area contributed by atoms with Gasteiger partial charge in [-0.05, 0) is 19.3 Å². The quantitative estimate of drug-likeness (QED) is 0.796. The van der Waals surface area contributed by atoms with Crippen molar-refractivity contribution in [3.05, 3.63) is 12.3 Å². The van der Waals surface area contributed by atoms with E-state index < -0.39 is 0 Å². The van der Waals surface area contributed by atoms with Crippen LogP contribution < -0.4 is 10.1 Å². The number of hydrogen-bond donors (Lipinski definition) is 1. The second-order valence-electron chi connectivity index (χ2n) is 5.04. The van der Waals surface area contributed by atoms with Gasteiger partial charge in [0.05, 0.1) is 6.10 Å². The normalized spacial score (nSPS) is 11.6. The molecule has 0 aliphatic rings. The van der Waals surface area contributed by atoms with Gasteiger partial charge >= 0.3 is 0 Å². The molecule has 0 aliphatic carbocycles. The van der Waals surface area contributed by atoms with Gasteiger partial charge in [-0.15, -0.1) is 11.6 Å². The zero-order chi connectivity index (χ0) is 12.9. The zero-order valence-corrected chi connectivity index (χ0v) is 11.6. The predicted octanol–water partition coefficient (Wildman–Crippen LogP) is 2.94. The minimum Gasteiger partial charge on any atom is -0.475 e.